The van der Waals surface area contributed by atoms with Crippen LogP contribution in [0.1, 0.15) is 32.6 Å². The highest BCUT2D eigenvalue weighted by Crippen LogP contribution is 2.10. The third-order valence-corrected chi connectivity index (χ3v) is 2.92. The molecule has 17 heavy (non-hydrogen) atoms. The molecule has 98 valence electrons. The number of nitrogens with zero attached hydrogens (tertiary/aromatic N) is 1. The van der Waals surface area contributed by atoms with Crippen LogP contribution in [0.3, 0.4) is 0 Å². The summed E-state index contributed by atoms with van der Waals surface area (Å²) in [6, 6.07) is -1.17. The monoisotopic (exact) mass is 244 g/mol. The molecule has 0 aromatic carbocycles. The molecule has 0 aromatic heterocycles. The smallest absolute Gasteiger partial charge is 0.326 e. The Hall–Kier alpha value is -1.30. The Morgan fingerprint density at radius 2 is 2.00 bits per heavy atom. The van der Waals surface area contributed by atoms with Crippen LogP contribution in [0.25, 0.3) is 0 Å². The summed E-state index contributed by atoms with van der Waals surface area (Å²) in [5.41, 5.74) is 0. The number of hydrogen-bond donors (Lipinski definition) is 3. The predicted molar refractivity (Wildman–Crippen MR) is 61.7 cm³/mol. The van der Waals surface area contributed by atoms with Gasteiger partial charge in [-0.1, -0.05) is 13.3 Å². The molecule has 0 spiro atoms. The maximum Gasteiger partial charge on any atom is 0.326 e. The van der Waals surface area contributed by atoms with Crippen LogP contribution in [0, 0.1) is 0 Å². The van der Waals surface area contributed by atoms with Crippen molar-refractivity contribution >= 4 is 12.0 Å². The maximum absolute atomic E-state index is 11.8. The molecule has 0 radical (unpaired) electrons. The Kier molecular flexibility index (Phi) is 5.21. The van der Waals surface area contributed by atoms with Crippen LogP contribution in [0.5, 0.6) is 0 Å². The van der Waals surface area contributed by atoms with Crippen LogP contribution in [-0.4, -0.2) is 52.3 Å². The van der Waals surface area contributed by atoms with Crippen molar-refractivity contribution in [2.24, 2.45) is 0 Å². The molecule has 0 aromatic rings. The van der Waals surface area contributed by atoms with Gasteiger partial charge >= 0.3 is 12.0 Å². The second kappa shape index (κ2) is 6.44. The molecule has 0 aliphatic carbocycles. The number of nitrogens with one attached hydrogen (secondary N) is 1. The van der Waals surface area contributed by atoms with Crippen LogP contribution in [0.2, 0.25) is 0 Å². The third kappa shape index (κ3) is 4.22. The lowest BCUT2D eigenvalue weighted by Gasteiger charge is -2.30. The molecule has 1 saturated heterocycles. The average Bonchev–Trinajstić information content (AvgIpc) is 2.29. The zero-order valence-electron chi connectivity index (χ0n) is 10.1. The van der Waals surface area contributed by atoms with Gasteiger partial charge in [-0.2, -0.15) is 0 Å². The number of carbonyl (C=O) groups excluding carboxylic acids is 1. The predicted octanol–water partition coefficient (Wildman–Crippen LogP) is 0.406. The first-order chi connectivity index (χ1) is 8.04. The Morgan fingerprint density at radius 1 is 1.41 bits per heavy atom. The summed E-state index contributed by atoms with van der Waals surface area (Å²) in [7, 11) is 0. The van der Waals surface area contributed by atoms with E-state index in [0.29, 0.717) is 38.8 Å². The number of amides is 2. The van der Waals surface area contributed by atoms with E-state index in [1.165, 1.54) is 0 Å². The molecule has 1 aliphatic heterocycles. The van der Waals surface area contributed by atoms with Crippen LogP contribution in [0.4, 0.5) is 4.79 Å². The zero-order valence-corrected chi connectivity index (χ0v) is 10.1. The van der Waals surface area contributed by atoms with Gasteiger partial charge in [0.25, 0.3) is 0 Å². The summed E-state index contributed by atoms with van der Waals surface area (Å²) >= 11 is 0. The van der Waals surface area contributed by atoms with Gasteiger partial charge in [-0.3, -0.25) is 0 Å². The molecule has 6 nitrogen and oxygen atoms in total. The number of piperidine rings is 1. The average molecular weight is 244 g/mol. The van der Waals surface area contributed by atoms with Crippen molar-refractivity contribution in [1.82, 2.24) is 10.2 Å². The Balaban J connectivity index is 2.44. The molecule has 1 fully saturated rings. The number of aliphatic hydroxyl groups is 1. The van der Waals surface area contributed by atoms with E-state index in [0.717, 1.165) is 0 Å². The first kappa shape index (κ1) is 13.8. The van der Waals surface area contributed by atoms with Gasteiger partial charge in [-0.25, -0.2) is 9.59 Å². The highest BCUT2D eigenvalue weighted by molar-refractivity contribution is 5.82. The number of urea groups is 1. The van der Waals surface area contributed by atoms with Gasteiger partial charge in [0, 0.05) is 13.1 Å². The molecule has 3 N–H and O–H groups in total. The van der Waals surface area contributed by atoms with E-state index >= 15 is 0 Å². The Morgan fingerprint density at radius 3 is 2.47 bits per heavy atom. The summed E-state index contributed by atoms with van der Waals surface area (Å²) in [6.45, 7) is 2.83. The van der Waals surface area contributed by atoms with Gasteiger partial charge in [-0.05, 0) is 19.3 Å². The van der Waals surface area contributed by atoms with Gasteiger partial charge in [0.2, 0.25) is 0 Å². The van der Waals surface area contributed by atoms with E-state index in [2.05, 4.69) is 5.32 Å². The van der Waals surface area contributed by atoms with Crippen molar-refractivity contribution in [2.45, 2.75) is 44.8 Å². The second-order valence-corrected chi connectivity index (χ2v) is 4.35. The molecule has 6 heteroatoms. The SMILES string of the molecule is CCC[C@H](NC(=O)N1CCC(O)CC1)C(=O)O. The van der Waals surface area contributed by atoms with Gasteiger partial charge in [-0.15, -0.1) is 0 Å². The number of carbonyl (C=O) groups is 2. The number of aliphatic hydroxyl groups excluding tert-OH is 1. The van der Waals surface area contributed by atoms with Crippen molar-refractivity contribution in [1.29, 1.82) is 0 Å². The molecule has 1 aliphatic rings. The van der Waals surface area contributed by atoms with E-state index in [9.17, 15) is 14.7 Å². The standard InChI is InChI=1S/C11H20N2O4/c1-2-3-9(10(15)16)12-11(17)13-6-4-8(14)5-7-13/h8-9,14H,2-7H2,1H3,(H,12,17)(H,15,16)/t9-/m0/s1. The van der Waals surface area contributed by atoms with Crippen LogP contribution >= 0.6 is 0 Å². The molecule has 1 rings (SSSR count). The molecular formula is C11H20N2O4. The first-order valence-electron chi connectivity index (χ1n) is 6.01. The maximum atomic E-state index is 11.8. The summed E-state index contributed by atoms with van der Waals surface area (Å²) in [4.78, 5) is 24.2. The number of carboxylic acid groups (broad SMARTS) is 1. The van der Waals surface area contributed by atoms with E-state index in [-0.39, 0.29) is 12.1 Å². The Labute approximate surface area is 101 Å². The number of rotatable bonds is 4. The first-order valence-corrected chi connectivity index (χ1v) is 6.01. The zero-order chi connectivity index (χ0) is 12.8. The van der Waals surface area contributed by atoms with Gasteiger partial charge in [0.05, 0.1) is 6.10 Å². The fourth-order valence-electron chi connectivity index (χ4n) is 1.86. The lowest BCUT2D eigenvalue weighted by atomic mass is 10.1. The van der Waals surface area contributed by atoms with Gasteiger partial charge in [0.15, 0.2) is 0 Å². The van der Waals surface area contributed by atoms with Crippen molar-refractivity contribution < 1.29 is 19.8 Å². The van der Waals surface area contributed by atoms with Gasteiger partial charge in [0.1, 0.15) is 6.04 Å². The van der Waals surface area contributed by atoms with Crippen molar-refractivity contribution in [3.8, 4) is 0 Å². The van der Waals surface area contributed by atoms with Crippen molar-refractivity contribution in [2.75, 3.05) is 13.1 Å². The highest BCUT2D eigenvalue weighted by atomic mass is 16.4. The number of aliphatic carboxylic acids is 1. The van der Waals surface area contributed by atoms with Crippen molar-refractivity contribution in [3.63, 3.8) is 0 Å². The summed E-state index contributed by atoms with van der Waals surface area (Å²) in [5, 5.41) is 20.7. The fourth-order valence-corrected chi connectivity index (χ4v) is 1.86. The topological polar surface area (TPSA) is 89.9 Å². The van der Waals surface area contributed by atoms with Gasteiger partial charge < -0.3 is 20.4 Å². The van der Waals surface area contributed by atoms with Crippen molar-refractivity contribution in [3.05, 3.63) is 0 Å². The van der Waals surface area contributed by atoms with Crippen LogP contribution < -0.4 is 5.32 Å². The minimum Gasteiger partial charge on any atom is -0.480 e. The summed E-state index contributed by atoms with van der Waals surface area (Å²) in [5.74, 6) is -1.00. The molecule has 0 saturated carbocycles. The largest absolute Gasteiger partial charge is 0.480 e. The number of likely N-dealkylation sites (tertiary alicyclic amines) is 1. The summed E-state index contributed by atoms with van der Waals surface area (Å²) in [6.07, 6.45) is 1.90. The lowest BCUT2D eigenvalue weighted by molar-refractivity contribution is -0.139. The Bertz CT molecular complexity index is 275. The van der Waals surface area contributed by atoms with E-state index in [1.807, 2.05) is 6.92 Å². The molecule has 0 unspecified atom stereocenters. The van der Waals surface area contributed by atoms with E-state index < -0.39 is 12.0 Å². The quantitative estimate of drug-likeness (QED) is 0.668. The molecule has 1 atom stereocenters. The summed E-state index contributed by atoms with van der Waals surface area (Å²) < 4.78 is 0. The molecule has 0 bridgehead atoms. The number of carboxylic acids is 1. The van der Waals surface area contributed by atoms with E-state index in [1.54, 1.807) is 4.90 Å². The highest BCUT2D eigenvalue weighted by Gasteiger charge is 2.25. The molecule has 1 heterocycles. The molecule has 2 amide bonds. The molecular weight excluding hydrogens is 224 g/mol. The van der Waals surface area contributed by atoms with Crippen LogP contribution in [0.15, 0.2) is 0 Å². The fraction of sp³-hybridized carbons (Fsp3) is 0.818. The van der Waals surface area contributed by atoms with E-state index in [4.69, 9.17) is 5.11 Å². The second-order valence-electron chi connectivity index (χ2n) is 4.35. The minimum absolute atomic E-state index is 0.343. The normalized spacial score (nSPS) is 18.8. The number of hydrogen-bond acceptors (Lipinski definition) is 3. The third-order valence-electron chi connectivity index (χ3n) is 2.92. The lowest BCUT2D eigenvalue weighted by Crippen LogP contribution is -2.50. The van der Waals surface area contributed by atoms with Crippen LogP contribution in [-0.2, 0) is 4.79 Å². The minimum atomic E-state index is -1.00.